The molecule has 0 unspecified atom stereocenters. The van der Waals surface area contributed by atoms with Gasteiger partial charge in [0.15, 0.2) is 5.96 Å². The Bertz CT molecular complexity index is 1180. The molecule has 0 saturated carbocycles. The van der Waals surface area contributed by atoms with E-state index < -0.39 is 10.0 Å². The monoisotopic (exact) mass is 440 g/mol. The van der Waals surface area contributed by atoms with Crippen molar-refractivity contribution in [1.82, 2.24) is 25.1 Å². The van der Waals surface area contributed by atoms with Crippen molar-refractivity contribution in [3.8, 4) is 5.69 Å². The highest BCUT2D eigenvalue weighted by Crippen LogP contribution is 2.17. The normalized spacial score (nSPS) is 12.1. The van der Waals surface area contributed by atoms with Crippen LogP contribution in [0, 0.1) is 13.8 Å². The number of nitrogens with zero attached hydrogens (tertiary/aromatic N) is 3. The summed E-state index contributed by atoms with van der Waals surface area (Å²) < 4.78 is 28.3. The lowest BCUT2D eigenvalue weighted by molar-refractivity contribution is 0.588. The van der Waals surface area contributed by atoms with Crippen LogP contribution in [-0.4, -0.2) is 38.3 Å². The number of hydrogen-bond acceptors (Lipinski definition) is 4. The number of nitrogens with one attached hydrogen (secondary N) is 3. The van der Waals surface area contributed by atoms with E-state index in [2.05, 4.69) is 31.5 Å². The minimum Gasteiger partial charge on any atom is -0.352 e. The maximum Gasteiger partial charge on any atom is 0.240 e. The van der Waals surface area contributed by atoms with Gasteiger partial charge < -0.3 is 10.6 Å². The Morgan fingerprint density at radius 1 is 1.03 bits per heavy atom. The van der Waals surface area contributed by atoms with Gasteiger partial charge in [-0.05, 0) is 56.3 Å². The largest absolute Gasteiger partial charge is 0.352 e. The molecule has 0 fully saturated rings. The van der Waals surface area contributed by atoms with E-state index in [4.69, 9.17) is 0 Å². The van der Waals surface area contributed by atoms with Crippen molar-refractivity contribution >= 4 is 16.0 Å². The summed E-state index contributed by atoms with van der Waals surface area (Å²) in [6.07, 6.45) is 0. The average Bonchev–Trinajstić information content (AvgIpc) is 3.12. The van der Waals surface area contributed by atoms with Crippen molar-refractivity contribution in [2.45, 2.75) is 31.8 Å². The molecule has 0 spiro atoms. The Balaban J connectivity index is 1.68. The van der Waals surface area contributed by atoms with E-state index in [0.717, 1.165) is 28.2 Å². The van der Waals surface area contributed by atoms with Crippen LogP contribution in [0.15, 0.2) is 64.5 Å². The van der Waals surface area contributed by atoms with Crippen molar-refractivity contribution in [3.05, 3.63) is 77.1 Å². The zero-order valence-electron chi connectivity index (χ0n) is 18.2. The van der Waals surface area contributed by atoms with Crippen LogP contribution in [0.1, 0.15) is 22.5 Å². The Morgan fingerprint density at radius 2 is 1.77 bits per heavy atom. The van der Waals surface area contributed by atoms with Gasteiger partial charge in [0.1, 0.15) is 0 Å². The number of sulfonamides is 1. The van der Waals surface area contributed by atoms with Crippen molar-refractivity contribution in [2.24, 2.45) is 4.99 Å². The van der Waals surface area contributed by atoms with Crippen LogP contribution in [0.2, 0.25) is 0 Å². The average molecular weight is 441 g/mol. The van der Waals surface area contributed by atoms with Crippen LogP contribution < -0.4 is 15.4 Å². The molecule has 8 nitrogen and oxygen atoms in total. The van der Waals surface area contributed by atoms with Gasteiger partial charge in [0.2, 0.25) is 10.0 Å². The summed E-state index contributed by atoms with van der Waals surface area (Å²) in [7, 11) is -0.379. The molecule has 0 atom stereocenters. The highest BCUT2D eigenvalue weighted by molar-refractivity contribution is 7.89. The van der Waals surface area contributed by atoms with Crippen molar-refractivity contribution in [3.63, 3.8) is 0 Å². The third-order valence-electron chi connectivity index (χ3n) is 4.84. The minimum atomic E-state index is -3.48. The lowest BCUT2D eigenvalue weighted by Crippen LogP contribution is -2.36. The summed E-state index contributed by atoms with van der Waals surface area (Å²) in [5.74, 6) is 0.616. The van der Waals surface area contributed by atoms with Gasteiger partial charge in [0.05, 0.1) is 16.3 Å². The molecule has 0 saturated heterocycles. The zero-order chi connectivity index (χ0) is 22.4. The fraction of sp³-hybridized carbons (Fsp3) is 0.273. The van der Waals surface area contributed by atoms with Crippen LogP contribution in [0.5, 0.6) is 0 Å². The Hall–Kier alpha value is -3.17. The molecule has 164 valence electrons. The fourth-order valence-electron chi connectivity index (χ4n) is 3.27. The zero-order valence-corrected chi connectivity index (χ0v) is 19.0. The number of benzene rings is 2. The number of aryl methyl sites for hydroxylation is 2. The summed E-state index contributed by atoms with van der Waals surface area (Å²) >= 11 is 0. The molecule has 3 aromatic rings. The van der Waals surface area contributed by atoms with Crippen LogP contribution in [0.4, 0.5) is 0 Å². The molecule has 0 aliphatic carbocycles. The minimum absolute atomic E-state index is 0.232. The van der Waals surface area contributed by atoms with Crippen LogP contribution in [0.25, 0.3) is 5.69 Å². The first kappa shape index (κ1) is 22.5. The first-order valence-electron chi connectivity index (χ1n) is 9.92. The maximum absolute atomic E-state index is 12.0. The molecule has 0 aliphatic heterocycles. The molecule has 1 aromatic heterocycles. The SMILES string of the molecule is CN=C(NCc1cccc(S(=O)(=O)NC)c1)NCc1ccccc1-n1nc(C)cc1C. The molecule has 31 heavy (non-hydrogen) atoms. The summed E-state index contributed by atoms with van der Waals surface area (Å²) in [5, 5.41) is 11.1. The lowest BCUT2D eigenvalue weighted by Gasteiger charge is -2.15. The number of para-hydroxylation sites is 1. The van der Waals surface area contributed by atoms with Gasteiger partial charge >= 0.3 is 0 Å². The van der Waals surface area contributed by atoms with Gasteiger partial charge in [-0.15, -0.1) is 0 Å². The Labute approximate surface area is 183 Å². The highest BCUT2D eigenvalue weighted by atomic mass is 32.2. The van der Waals surface area contributed by atoms with Crippen molar-refractivity contribution < 1.29 is 8.42 Å². The van der Waals surface area contributed by atoms with Crippen molar-refractivity contribution in [2.75, 3.05) is 14.1 Å². The second-order valence-corrected chi connectivity index (χ2v) is 8.99. The van der Waals surface area contributed by atoms with Crippen molar-refractivity contribution in [1.29, 1.82) is 0 Å². The lowest BCUT2D eigenvalue weighted by atomic mass is 10.1. The van der Waals surface area contributed by atoms with Crippen LogP contribution >= 0.6 is 0 Å². The highest BCUT2D eigenvalue weighted by Gasteiger charge is 2.12. The topological polar surface area (TPSA) is 100 Å². The van der Waals surface area contributed by atoms with E-state index in [1.165, 1.54) is 7.05 Å². The predicted octanol–water partition coefficient (Wildman–Crippen LogP) is 2.26. The quantitative estimate of drug-likeness (QED) is 0.387. The number of aliphatic imine (C=N–C) groups is 1. The first-order valence-corrected chi connectivity index (χ1v) is 11.4. The van der Waals surface area contributed by atoms with Crippen LogP contribution in [-0.2, 0) is 23.1 Å². The predicted molar refractivity (Wildman–Crippen MR) is 123 cm³/mol. The standard InChI is InChI=1S/C22H28N6O2S/c1-16-12-17(2)28(27-16)21-11-6-5-9-19(21)15-26-22(23-3)25-14-18-8-7-10-20(13-18)31(29,30)24-4/h5-13,24H,14-15H2,1-4H3,(H2,23,25,26). The Morgan fingerprint density at radius 3 is 2.45 bits per heavy atom. The van der Waals surface area contributed by atoms with Gasteiger partial charge in [0, 0.05) is 25.8 Å². The molecule has 0 bridgehead atoms. The molecule has 3 rings (SSSR count). The molecule has 0 radical (unpaired) electrons. The van der Waals surface area contributed by atoms with Gasteiger partial charge in [0.25, 0.3) is 0 Å². The van der Waals surface area contributed by atoms with E-state index in [0.29, 0.717) is 19.0 Å². The second kappa shape index (κ2) is 9.76. The molecule has 1 heterocycles. The molecular formula is C22H28N6O2S. The summed E-state index contributed by atoms with van der Waals surface area (Å²) in [4.78, 5) is 4.50. The molecular weight excluding hydrogens is 412 g/mol. The van der Waals surface area contributed by atoms with E-state index in [1.807, 2.05) is 48.9 Å². The smallest absolute Gasteiger partial charge is 0.240 e. The maximum atomic E-state index is 12.0. The summed E-state index contributed by atoms with van der Waals surface area (Å²) in [5.41, 5.74) is 4.98. The van der Waals surface area contributed by atoms with E-state index >= 15 is 0 Å². The molecule has 9 heteroatoms. The molecule has 0 aliphatic rings. The van der Waals surface area contributed by atoms with Gasteiger partial charge in [-0.3, -0.25) is 4.99 Å². The first-order chi connectivity index (χ1) is 14.8. The number of aromatic nitrogens is 2. The molecule has 2 aromatic carbocycles. The third kappa shape index (κ3) is 5.50. The fourth-order valence-corrected chi connectivity index (χ4v) is 4.07. The van der Waals surface area contributed by atoms with Gasteiger partial charge in [-0.25, -0.2) is 17.8 Å². The molecule has 0 amide bonds. The number of guanidine groups is 1. The van der Waals surface area contributed by atoms with E-state index in [9.17, 15) is 8.42 Å². The third-order valence-corrected chi connectivity index (χ3v) is 6.25. The van der Waals surface area contributed by atoms with Gasteiger partial charge in [-0.1, -0.05) is 30.3 Å². The second-order valence-electron chi connectivity index (χ2n) is 7.10. The van der Waals surface area contributed by atoms with Crippen LogP contribution in [0.3, 0.4) is 0 Å². The van der Waals surface area contributed by atoms with Gasteiger partial charge in [-0.2, -0.15) is 5.10 Å². The van der Waals surface area contributed by atoms with E-state index in [1.54, 1.807) is 25.2 Å². The Kier molecular flexibility index (Phi) is 7.09. The number of rotatable bonds is 7. The molecule has 3 N–H and O–H groups in total. The number of hydrogen-bond donors (Lipinski definition) is 3. The summed E-state index contributed by atoms with van der Waals surface area (Å²) in [6.45, 7) is 5.01. The van der Waals surface area contributed by atoms with E-state index in [-0.39, 0.29) is 4.90 Å². The summed E-state index contributed by atoms with van der Waals surface area (Å²) in [6, 6.07) is 16.9.